The standard InChI is InChI=1S/C18H17BrN4O/c1-11-17-14(22-21-11)8-9-15(20-17)18(24)23-10-2-3-16(23)12-4-6-13(19)7-5-12/h4-9,16H,2-3,10H2,1H3,(H,21,22)/t16-/m0/s1. The van der Waals surface area contributed by atoms with Crippen molar-refractivity contribution in [2.45, 2.75) is 25.8 Å². The summed E-state index contributed by atoms with van der Waals surface area (Å²) in [6.45, 7) is 2.66. The molecule has 1 aromatic carbocycles. The fraction of sp³-hybridized carbons (Fsp3) is 0.278. The van der Waals surface area contributed by atoms with Gasteiger partial charge in [-0.3, -0.25) is 9.89 Å². The largest absolute Gasteiger partial charge is 0.330 e. The van der Waals surface area contributed by atoms with Gasteiger partial charge in [-0.1, -0.05) is 28.1 Å². The molecule has 4 rings (SSSR count). The van der Waals surface area contributed by atoms with Gasteiger partial charge in [0.2, 0.25) is 0 Å². The highest BCUT2D eigenvalue weighted by Gasteiger charge is 2.31. The highest BCUT2D eigenvalue weighted by atomic mass is 79.9. The smallest absolute Gasteiger partial charge is 0.272 e. The molecule has 24 heavy (non-hydrogen) atoms. The van der Waals surface area contributed by atoms with Gasteiger partial charge in [0.25, 0.3) is 5.91 Å². The van der Waals surface area contributed by atoms with Crippen LogP contribution in [0.2, 0.25) is 0 Å². The van der Waals surface area contributed by atoms with Crippen molar-refractivity contribution < 1.29 is 4.79 Å². The number of carbonyl (C=O) groups excluding carboxylic acids is 1. The molecule has 1 aliphatic rings. The molecule has 2 aromatic heterocycles. The number of amides is 1. The maximum atomic E-state index is 13.0. The monoisotopic (exact) mass is 384 g/mol. The van der Waals surface area contributed by atoms with Gasteiger partial charge in [0, 0.05) is 11.0 Å². The minimum atomic E-state index is -0.0112. The van der Waals surface area contributed by atoms with Crippen molar-refractivity contribution in [1.29, 1.82) is 0 Å². The molecule has 1 amide bonds. The molecule has 0 unspecified atom stereocenters. The van der Waals surface area contributed by atoms with Gasteiger partial charge in [0.15, 0.2) is 0 Å². The topological polar surface area (TPSA) is 61.9 Å². The number of aromatic amines is 1. The van der Waals surface area contributed by atoms with Crippen LogP contribution in [-0.4, -0.2) is 32.5 Å². The summed E-state index contributed by atoms with van der Waals surface area (Å²) < 4.78 is 1.05. The first-order valence-electron chi connectivity index (χ1n) is 8.01. The average molecular weight is 385 g/mol. The number of nitrogens with one attached hydrogen (secondary N) is 1. The Balaban J connectivity index is 1.66. The van der Waals surface area contributed by atoms with Gasteiger partial charge in [-0.2, -0.15) is 5.10 Å². The van der Waals surface area contributed by atoms with Crippen LogP contribution < -0.4 is 0 Å². The number of carbonyl (C=O) groups is 1. The number of hydrogen-bond donors (Lipinski definition) is 1. The summed E-state index contributed by atoms with van der Waals surface area (Å²) in [5.74, 6) is -0.0112. The van der Waals surface area contributed by atoms with Gasteiger partial charge in [-0.15, -0.1) is 0 Å². The molecule has 0 saturated carbocycles. The molecular weight excluding hydrogens is 368 g/mol. The van der Waals surface area contributed by atoms with Crippen molar-refractivity contribution in [3.8, 4) is 0 Å². The number of hydrogen-bond acceptors (Lipinski definition) is 3. The zero-order valence-corrected chi connectivity index (χ0v) is 14.9. The second kappa shape index (κ2) is 6.02. The molecular formula is C18H17BrN4O. The second-order valence-corrected chi connectivity index (χ2v) is 7.03. The molecule has 0 bridgehead atoms. The first-order valence-corrected chi connectivity index (χ1v) is 8.81. The number of H-pyrrole nitrogens is 1. The van der Waals surface area contributed by atoms with Gasteiger partial charge in [-0.05, 0) is 49.6 Å². The van der Waals surface area contributed by atoms with Crippen LogP contribution in [0.1, 0.15) is 40.6 Å². The molecule has 0 spiro atoms. The lowest BCUT2D eigenvalue weighted by Gasteiger charge is -2.25. The maximum Gasteiger partial charge on any atom is 0.272 e. The lowest BCUT2D eigenvalue weighted by Crippen LogP contribution is -2.31. The van der Waals surface area contributed by atoms with Crippen LogP contribution in [0.3, 0.4) is 0 Å². The number of halogens is 1. The van der Waals surface area contributed by atoms with Crippen molar-refractivity contribution in [2.24, 2.45) is 0 Å². The molecule has 1 saturated heterocycles. The summed E-state index contributed by atoms with van der Waals surface area (Å²) in [6, 6.07) is 12.0. The van der Waals surface area contributed by atoms with E-state index in [2.05, 4.69) is 43.2 Å². The number of rotatable bonds is 2. The minimum absolute atomic E-state index is 0.0112. The Morgan fingerprint density at radius 3 is 2.83 bits per heavy atom. The number of pyridine rings is 1. The molecule has 1 aliphatic heterocycles. The molecule has 1 atom stereocenters. The van der Waals surface area contributed by atoms with E-state index in [0.29, 0.717) is 5.69 Å². The first kappa shape index (κ1) is 15.3. The van der Waals surface area contributed by atoms with Crippen LogP contribution in [-0.2, 0) is 0 Å². The Morgan fingerprint density at radius 1 is 1.25 bits per heavy atom. The summed E-state index contributed by atoms with van der Waals surface area (Å²) in [6.07, 6.45) is 2.00. The highest BCUT2D eigenvalue weighted by Crippen LogP contribution is 2.33. The normalized spacial score (nSPS) is 17.6. The molecule has 1 fully saturated rings. The fourth-order valence-corrected chi connectivity index (χ4v) is 3.59. The molecule has 1 N–H and O–H groups in total. The van der Waals surface area contributed by atoms with Crippen molar-refractivity contribution >= 4 is 32.9 Å². The van der Waals surface area contributed by atoms with Gasteiger partial charge < -0.3 is 4.90 Å². The number of nitrogens with zero attached hydrogens (tertiary/aromatic N) is 3. The van der Waals surface area contributed by atoms with Crippen LogP contribution in [0.5, 0.6) is 0 Å². The Morgan fingerprint density at radius 2 is 2.04 bits per heavy atom. The molecule has 0 radical (unpaired) electrons. The van der Waals surface area contributed by atoms with E-state index in [0.717, 1.165) is 40.6 Å². The Labute approximate surface area is 148 Å². The maximum absolute atomic E-state index is 13.0. The van der Waals surface area contributed by atoms with Crippen LogP contribution in [0.4, 0.5) is 0 Å². The molecule has 3 heterocycles. The highest BCUT2D eigenvalue weighted by molar-refractivity contribution is 9.10. The van der Waals surface area contributed by atoms with Crippen LogP contribution in [0, 0.1) is 6.92 Å². The average Bonchev–Trinajstić information content (AvgIpc) is 3.22. The third-order valence-electron chi connectivity index (χ3n) is 4.57. The van der Waals surface area contributed by atoms with E-state index in [-0.39, 0.29) is 11.9 Å². The molecule has 3 aromatic rings. The Bertz CT molecular complexity index is 903. The molecule has 122 valence electrons. The molecule has 0 aliphatic carbocycles. The van der Waals surface area contributed by atoms with Gasteiger partial charge in [-0.25, -0.2) is 4.98 Å². The number of likely N-dealkylation sites (tertiary alicyclic amines) is 1. The van der Waals surface area contributed by atoms with Gasteiger partial charge in [0.05, 0.1) is 17.3 Å². The van der Waals surface area contributed by atoms with Crippen molar-refractivity contribution in [2.75, 3.05) is 6.54 Å². The summed E-state index contributed by atoms with van der Waals surface area (Å²) in [5, 5.41) is 7.07. The van der Waals surface area contributed by atoms with Crippen molar-refractivity contribution in [3.63, 3.8) is 0 Å². The van der Waals surface area contributed by atoms with Crippen LogP contribution in [0.25, 0.3) is 11.0 Å². The SMILES string of the molecule is Cc1n[nH]c2ccc(C(=O)N3CCC[C@H]3c3ccc(Br)cc3)nc12. The summed E-state index contributed by atoms with van der Waals surface area (Å²) in [5.41, 5.74) is 4.08. The fourth-order valence-electron chi connectivity index (χ4n) is 3.33. The summed E-state index contributed by atoms with van der Waals surface area (Å²) in [4.78, 5) is 19.5. The Kier molecular flexibility index (Phi) is 3.84. The zero-order valence-electron chi connectivity index (χ0n) is 13.3. The number of aryl methyl sites for hydroxylation is 1. The predicted molar refractivity (Wildman–Crippen MR) is 95.8 cm³/mol. The van der Waals surface area contributed by atoms with Crippen molar-refractivity contribution in [3.05, 3.63) is 57.8 Å². The van der Waals surface area contributed by atoms with Gasteiger partial charge in [0.1, 0.15) is 11.2 Å². The summed E-state index contributed by atoms with van der Waals surface area (Å²) in [7, 11) is 0. The van der Waals surface area contributed by atoms with Gasteiger partial charge >= 0.3 is 0 Å². The number of aromatic nitrogens is 3. The summed E-state index contributed by atoms with van der Waals surface area (Å²) >= 11 is 3.46. The lowest BCUT2D eigenvalue weighted by molar-refractivity contribution is 0.0730. The second-order valence-electron chi connectivity index (χ2n) is 6.11. The van der Waals surface area contributed by atoms with Crippen molar-refractivity contribution in [1.82, 2.24) is 20.1 Å². The van der Waals surface area contributed by atoms with E-state index in [9.17, 15) is 4.79 Å². The van der Waals surface area contributed by atoms with E-state index in [4.69, 9.17) is 0 Å². The lowest BCUT2D eigenvalue weighted by atomic mass is 10.0. The Hall–Kier alpha value is -2.21. The quantitative estimate of drug-likeness (QED) is 0.725. The predicted octanol–water partition coefficient (Wildman–Crippen LogP) is 4.01. The third kappa shape index (κ3) is 2.60. The van der Waals surface area contributed by atoms with E-state index < -0.39 is 0 Å². The third-order valence-corrected chi connectivity index (χ3v) is 5.10. The van der Waals surface area contributed by atoms with Crippen LogP contribution in [0.15, 0.2) is 40.9 Å². The van der Waals surface area contributed by atoms with Crippen LogP contribution >= 0.6 is 15.9 Å². The number of fused-ring (bicyclic) bond motifs is 1. The minimum Gasteiger partial charge on any atom is -0.330 e. The zero-order chi connectivity index (χ0) is 16.7. The van der Waals surface area contributed by atoms with E-state index in [1.165, 1.54) is 5.56 Å². The number of benzene rings is 1. The first-order chi connectivity index (χ1) is 11.6. The molecule has 5 nitrogen and oxygen atoms in total. The van der Waals surface area contributed by atoms with E-state index >= 15 is 0 Å². The van der Waals surface area contributed by atoms with E-state index in [1.807, 2.05) is 30.0 Å². The van der Waals surface area contributed by atoms with E-state index in [1.54, 1.807) is 6.07 Å². The molecule has 6 heteroatoms.